The molecule has 2 heterocycles. The number of urea groups is 1. The lowest BCUT2D eigenvalue weighted by atomic mass is 9.98. The molecule has 8 heteroatoms. The fraction of sp³-hybridized carbons (Fsp3) is 0.556. The number of H-pyrrole nitrogens is 1. The molecule has 1 aromatic carbocycles. The monoisotopic (exact) mass is 363 g/mol. The van der Waals surface area contributed by atoms with Gasteiger partial charge in [-0.15, -0.1) is 0 Å². The number of imidazole rings is 1. The molecule has 26 heavy (non-hydrogen) atoms. The molecule has 2 amide bonds. The summed E-state index contributed by atoms with van der Waals surface area (Å²) in [7, 11) is 1.71. The van der Waals surface area contributed by atoms with Crippen LogP contribution in [0.5, 0.6) is 0 Å². The lowest BCUT2D eigenvalue weighted by Gasteiger charge is -2.32. The normalized spacial score (nSPS) is 18.2. The van der Waals surface area contributed by atoms with E-state index in [9.17, 15) is 9.18 Å². The number of benzene rings is 1. The molecule has 2 aromatic rings. The van der Waals surface area contributed by atoms with Crippen LogP contribution in [0.25, 0.3) is 11.0 Å². The number of likely N-dealkylation sites (tertiary alicyclic amines) is 1. The number of nitrogens with one attached hydrogen (secondary N) is 2. The molecule has 0 aliphatic carbocycles. The molecule has 1 fully saturated rings. The number of fused-ring (bicyclic) bond motifs is 1. The first kappa shape index (κ1) is 18.6. The van der Waals surface area contributed by atoms with Gasteiger partial charge < -0.3 is 25.2 Å². The second-order valence-corrected chi connectivity index (χ2v) is 6.92. The predicted octanol–water partition coefficient (Wildman–Crippen LogP) is 1.55. The predicted molar refractivity (Wildman–Crippen MR) is 97.2 cm³/mol. The number of β-amino-alcohol motifs (C(OH)–C–C–N with tert-alkyl or cyclic N) is 1. The quantitative estimate of drug-likeness (QED) is 0.727. The van der Waals surface area contributed by atoms with Gasteiger partial charge in [0.05, 0.1) is 24.2 Å². The molecular weight excluding hydrogens is 337 g/mol. The third-order valence-electron chi connectivity index (χ3n) is 4.79. The Hall–Kier alpha value is -2.19. The highest BCUT2D eigenvalue weighted by Gasteiger charge is 2.20. The number of aliphatic hydroxyl groups excluding tert-OH is 1. The van der Waals surface area contributed by atoms with Crippen LogP contribution in [-0.4, -0.2) is 70.7 Å². The molecule has 1 aliphatic heterocycles. The summed E-state index contributed by atoms with van der Waals surface area (Å²) in [5.41, 5.74) is 1.31. The fourth-order valence-corrected chi connectivity index (χ4v) is 3.44. The number of hydrogen-bond donors (Lipinski definition) is 3. The zero-order valence-corrected chi connectivity index (χ0v) is 15.0. The fourth-order valence-electron chi connectivity index (χ4n) is 3.44. The summed E-state index contributed by atoms with van der Waals surface area (Å²) in [4.78, 5) is 23.5. The van der Waals surface area contributed by atoms with Crippen molar-refractivity contribution in [2.75, 3.05) is 39.8 Å². The third kappa shape index (κ3) is 4.70. The van der Waals surface area contributed by atoms with Crippen molar-refractivity contribution in [2.24, 2.45) is 5.92 Å². The minimum absolute atomic E-state index is 0.157. The number of hydrogen-bond acceptors (Lipinski definition) is 4. The summed E-state index contributed by atoms with van der Waals surface area (Å²) in [5.74, 6) is 0.707. The van der Waals surface area contributed by atoms with E-state index < -0.39 is 0 Å². The second-order valence-electron chi connectivity index (χ2n) is 6.92. The number of aromatic amines is 1. The first-order chi connectivity index (χ1) is 12.5. The van der Waals surface area contributed by atoms with Crippen molar-refractivity contribution in [1.82, 2.24) is 25.1 Å². The first-order valence-electron chi connectivity index (χ1n) is 9.01. The largest absolute Gasteiger partial charge is 0.395 e. The number of nitrogens with zero attached hydrogens (tertiary/aromatic N) is 3. The van der Waals surface area contributed by atoms with Crippen LogP contribution in [0.4, 0.5) is 9.18 Å². The molecule has 0 bridgehead atoms. The SMILES string of the molecule is CN(Cc1nc2ccc(F)cc2[nH]1)C(=O)NC[C@H]1CCCN(CCO)C1. The number of aromatic nitrogens is 2. The Kier molecular flexibility index (Phi) is 6.05. The van der Waals surface area contributed by atoms with E-state index in [1.807, 2.05) is 0 Å². The van der Waals surface area contributed by atoms with E-state index in [-0.39, 0.29) is 18.5 Å². The summed E-state index contributed by atoms with van der Waals surface area (Å²) >= 11 is 0. The number of halogens is 1. The molecule has 1 aromatic heterocycles. The van der Waals surface area contributed by atoms with Gasteiger partial charge in [-0.1, -0.05) is 0 Å². The molecule has 0 saturated carbocycles. The Balaban J connectivity index is 1.49. The summed E-state index contributed by atoms with van der Waals surface area (Å²) in [6, 6.07) is 4.23. The van der Waals surface area contributed by atoms with Gasteiger partial charge in [0.25, 0.3) is 0 Å². The van der Waals surface area contributed by atoms with Crippen LogP contribution in [0.3, 0.4) is 0 Å². The highest BCUT2D eigenvalue weighted by atomic mass is 19.1. The van der Waals surface area contributed by atoms with Crippen LogP contribution >= 0.6 is 0 Å². The van der Waals surface area contributed by atoms with Gasteiger partial charge >= 0.3 is 6.03 Å². The van der Waals surface area contributed by atoms with Crippen molar-refractivity contribution in [3.05, 3.63) is 29.8 Å². The van der Waals surface area contributed by atoms with Crippen LogP contribution < -0.4 is 5.32 Å². The van der Waals surface area contributed by atoms with Gasteiger partial charge in [0.2, 0.25) is 0 Å². The van der Waals surface area contributed by atoms with Gasteiger partial charge in [-0.3, -0.25) is 0 Å². The Morgan fingerprint density at radius 3 is 3.19 bits per heavy atom. The van der Waals surface area contributed by atoms with E-state index in [0.29, 0.717) is 42.4 Å². The van der Waals surface area contributed by atoms with Gasteiger partial charge in [-0.25, -0.2) is 14.2 Å². The molecule has 142 valence electrons. The lowest BCUT2D eigenvalue weighted by Crippen LogP contribution is -2.44. The first-order valence-corrected chi connectivity index (χ1v) is 9.01. The molecule has 1 saturated heterocycles. The molecule has 3 rings (SSSR count). The Bertz CT molecular complexity index is 748. The molecule has 7 nitrogen and oxygen atoms in total. The molecule has 1 atom stereocenters. The standard InChI is InChI=1S/C18H26FN5O2/c1-23(12-17-21-15-5-4-14(19)9-16(15)22-17)18(26)20-10-13-3-2-6-24(11-13)7-8-25/h4-5,9,13,25H,2-3,6-8,10-12H2,1H3,(H,20,26)(H,21,22)/t13-/m1/s1. The smallest absolute Gasteiger partial charge is 0.317 e. The summed E-state index contributed by atoms with van der Waals surface area (Å²) in [6.45, 7) is 3.72. The Morgan fingerprint density at radius 1 is 1.54 bits per heavy atom. The lowest BCUT2D eigenvalue weighted by molar-refractivity contribution is 0.137. The number of rotatable bonds is 6. The molecule has 1 aliphatic rings. The van der Waals surface area contributed by atoms with E-state index in [4.69, 9.17) is 5.11 Å². The average molecular weight is 363 g/mol. The van der Waals surface area contributed by atoms with Crippen molar-refractivity contribution in [2.45, 2.75) is 19.4 Å². The average Bonchev–Trinajstić information content (AvgIpc) is 3.01. The van der Waals surface area contributed by atoms with Crippen molar-refractivity contribution in [1.29, 1.82) is 0 Å². The van der Waals surface area contributed by atoms with Crippen molar-refractivity contribution in [3.63, 3.8) is 0 Å². The van der Waals surface area contributed by atoms with Crippen LogP contribution in [0.15, 0.2) is 18.2 Å². The maximum Gasteiger partial charge on any atom is 0.317 e. The van der Waals surface area contributed by atoms with E-state index >= 15 is 0 Å². The van der Waals surface area contributed by atoms with E-state index in [2.05, 4.69) is 20.2 Å². The Morgan fingerprint density at radius 2 is 2.38 bits per heavy atom. The maximum absolute atomic E-state index is 13.3. The topological polar surface area (TPSA) is 84.5 Å². The molecular formula is C18H26FN5O2. The van der Waals surface area contributed by atoms with Gasteiger partial charge in [0.1, 0.15) is 11.6 Å². The molecule has 3 N–H and O–H groups in total. The van der Waals surface area contributed by atoms with Crippen LogP contribution in [0, 0.1) is 11.7 Å². The molecule has 0 radical (unpaired) electrons. The third-order valence-corrected chi connectivity index (χ3v) is 4.79. The van der Waals surface area contributed by atoms with Gasteiger partial charge in [-0.2, -0.15) is 0 Å². The van der Waals surface area contributed by atoms with E-state index in [0.717, 1.165) is 25.9 Å². The summed E-state index contributed by atoms with van der Waals surface area (Å²) < 4.78 is 13.3. The zero-order valence-electron chi connectivity index (χ0n) is 15.0. The van der Waals surface area contributed by atoms with Crippen molar-refractivity contribution in [3.8, 4) is 0 Å². The van der Waals surface area contributed by atoms with Crippen molar-refractivity contribution >= 4 is 17.1 Å². The van der Waals surface area contributed by atoms with Crippen LogP contribution in [0.2, 0.25) is 0 Å². The number of piperidine rings is 1. The Labute approximate surface area is 152 Å². The maximum atomic E-state index is 13.3. The number of amides is 2. The second kappa shape index (κ2) is 8.46. The number of carbonyl (C=O) groups is 1. The van der Waals surface area contributed by atoms with E-state index in [1.54, 1.807) is 18.0 Å². The highest BCUT2D eigenvalue weighted by molar-refractivity contribution is 5.76. The zero-order chi connectivity index (χ0) is 18.5. The minimum Gasteiger partial charge on any atom is -0.395 e. The van der Waals surface area contributed by atoms with Crippen LogP contribution in [-0.2, 0) is 6.54 Å². The number of carbonyl (C=O) groups excluding carboxylic acids is 1. The summed E-state index contributed by atoms with van der Waals surface area (Å²) in [5, 5.41) is 12.0. The van der Waals surface area contributed by atoms with Gasteiger partial charge in [0.15, 0.2) is 0 Å². The highest BCUT2D eigenvalue weighted by Crippen LogP contribution is 2.16. The number of aliphatic hydroxyl groups is 1. The molecule has 0 spiro atoms. The van der Waals surface area contributed by atoms with Gasteiger partial charge in [-0.05, 0) is 43.5 Å². The van der Waals surface area contributed by atoms with Gasteiger partial charge in [0, 0.05) is 26.7 Å². The molecule has 0 unspecified atom stereocenters. The van der Waals surface area contributed by atoms with Crippen molar-refractivity contribution < 1.29 is 14.3 Å². The minimum atomic E-state index is -0.318. The summed E-state index contributed by atoms with van der Waals surface area (Å²) in [6.07, 6.45) is 2.17. The van der Waals surface area contributed by atoms with Crippen LogP contribution in [0.1, 0.15) is 18.7 Å². The van der Waals surface area contributed by atoms with E-state index in [1.165, 1.54) is 12.1 Å².